The lowest BCUT2D eigenvalue weighted by Crippen LogP contribution is -2.37. The summed E-state index contributed by atoms with van der Waals surface area (Å²) in [6.07, 6.45) is 1.79. The van der Waals surface area contributed by atoms with E-state index in [-0.39, 0.29) is 24.0 Å². The van der Waals surface area contributed by atoms with E-state index in [4.69, 9.17) is 9.47 Å². The normalized spacial score (nSPS) is 11.1. The Labute approximate surface area is 197 Å². The average Bonchev–Trinajstić information content (AvgIpc) is 2.75. The number of aromatic nitrogens is 1. The Hall–Kier alpha value is -1.91. The van der Waals surface area contributed by atoms with E-state index in [0.717, 1.165) is 49.2 Å². The lowest BCUT2D eigenvalue weighted by molar-refractivity contribution is 0.150. The summed E-state index contributed by atoms with van der Waals surface area (Å²) in [7, 11) is 3.78. The Morgan fingerprint density at radius 1 is 1.10 bits per heavy atom. The van der Waals surface area contributed by atoms with Gasteiger partial charge in [0.1, 0.15) is 12.4 Å². The zero-order valence-electron chi connectivity index (χ0n) is 18.1. The topological polar surface area (TPSA) is 71.0 Å². The molecule has 30 heavy (non-hydrogen) atoms. The van der Waals surface area contributed by atoms with E-state index in [2.05, 4.69) is 45.5 Å². The zero-order chi connectivity index (χ0) is 20.7. The highest BCUT2D eigenvalue weighted by atomic mass is 127. The smallest absolute Gasteiger partial charge is 0.191 e. The molecule has 1 aromatic carbocycles. The quantitative estimate of drug-likeness (QED) is 0.252. The van der Waals surface area contributed by atoms with Gasteiger partial charge in [0.25, 0.3) is 0 Å². The molecule has 0 atom stereocenters. The number of hydrogen-bond donors (Lipinski definition) is 2. The van der Waals surface area contributed by atoms with Gasteiger partial charge in [-0.05, 0) is 43.8 Å². The van der Waals surface area contributed by atoms with E-state index in [1.807, 2.05) is 36.4 Å². The molecule has 0 unspecified atom stereocenters. The molecule has 0 fully saturated rings. The van der Waals surface area contributed by atoms with Crippen molar-refractivity contribution in [2.45, 2.75) is 20.0 Å². The second-order valence-electron chi connectivity index (χ2n) is 6.66. The van der Waals surface area contributed by atoms with Gasteiger partial charge in [0, 0.05) is 32.9 Å². The maximum absolute atomic E-state index is 5.89. The van der Waals surface area contributed by atoms with Gasteiger partial charge in [0.05, 0.1) is 25.4 Å². The number of guanidine groups is 1. The van der Waals surface area contributed by atoms with Crippen molar-refractivity contribution in [3.05, 3.63) is 59.9 Å². The molecule has 2 aromatic rings. The summed E-state index contributed by atoms with van der Waals surface area (Å²) in [4.78, 5) is 11.2. The summed E-state index contributed by atoms with van der Waals surface area (Å²) < 4.78 is 11.0. The second kappa shape index (κ2) is 15.9. The summed E-state index contributed by atoms with van der Waals surface area (Å²) >= 11 is 0. The molecule has 1 heterocycles. The lowest BCUT2D eigenvalue weighted by Gasteiger charge is -2.16. The molecule has 2 rings (SSSR count). The first kappa shape index (κ1) is 26.1. The minimum atomic E-state index is 0. The number of methoxy groups -OCH3 is 1. The van der Waals surface area contributed by atoms with E-state index < -0.39 is 0 Å². The molecule has 0 saturated heterocycles. The number of rotatable bonds is 12. The molecule has 0 spiro atoms. The van der Waals surface area contributed by atoms with E-state index in [0.29, 0.717) is 19.7 Å². The van der Waals surface area contributed by atoms with Crippen LogP contribution in [0, 0.1) is 0 Å². The fourth-order valence-corrected chi connectivity index (χ4v) is 2.60. The monoisotopic (exact) mass is 527 g/mol. The first-order chi connectivity index (χ1) is 14.2. The highest BCUT2D eigenvalue weighted by Gasteiger charge is 2.02. The van der Waals surface area contributed by atoms with Crippen molar-refractivity contribution < 1.29 is 9.47 Å². The number of nitrogens with one attached hydrogen (secondary N) is 2. The number of pyridine rings is 1. The fraction of sp³-hybridized carbons (Fsp3) is 0.455. The van der Waals surface area contributed by atoms with Crippen molar-refractivity contribution in [3.8, 4) is 5.75 Å². The Kier molecular flexibility index (Phi) is 13.8. The predicted octanol–water partition coefficient (Wildman–Crippen LogP) is 2.91. The molecule has 0 amide bonds. The molecule has 0 aliphatic heterocycles. The summed E-state index contributed by atoms with van der Waals surface area (Å²) in [5, 5.41) is 6.58. The zero-order valence-corrected chi connectivity index (χ0v) is 20.5. The Morgan fingerprint density at radius 2 is 1.93 bits per heavy atom. The molecule has 0 aliphatic rings. The van der Waals surface area contributed by atoms with Crippen LogP contribution in [0.5, 0.6) is 5.75 Å². The fourth-order valence-electron chi connectivity index (χ4n) is 2.60. The average molecular weight is 527 g/mol. The Balaban J connectivity index is 0.00000450. The summed E-state index contributed by atoms with van der Waals surface area (Å²) in [6.45, 7) is 7.17. The predicted molar refractivity (Wildman–Crippen MR) is 133 cm³/mol. The number of likely N-dealkylation sites (N-methyl/N-ethyl adjacent to an activating group) is 1. The van der Waals surface area contributed by atoms with Crippen molar-refractivity contribution in [3.63, 3.8) is 0 Å². The number of ether oxygens (including phenoxy) is 2. The van der Waals surface area contributed by atoms with Crippen molar-refractivity contribution in [1.82, 2.24) is 20.5 Å². The van der Waals surface area contributed by atoms with Crippen LogP contribution in [0.2, 0.25) is 0 Å². The minimum Gasteiger partial charge on any atom is -0.492 e. The van der Waals surface area contributed by atoms with Crippen LogP contribution in [0.25, 0.3) is 0 Å². The van der Waals surface area contributed by atoms with Gasteiger partial charge in [-0.15, -0.1) is 24.0 Å². The third kappa shape index (κ3) is 10.7. The van der Waals surface area contributed by atoms with E-state index in [1.165, 1.54) is 0 Å². The van der Waals surface area contributed by atoms with E-state index >= 15 is 0 Å². The third-order valence-corrected chi connectivity index (χ3v) is 4.24. The van der Waals surface area contributed by atoms with Crippen LogP contribution in [-0.2, 0) is 17.8 Å². The van der Waals surface area contributed by atoms with Gasteiger partial charge < -0.3 is 25.0 Å². The van der Waals surface area contributed by atoms with Crippen LogP contribution < -0.4 is 15.4 Å². The largest absolute Gasteiger partial charge is 0.492 e. The van der Waals surface area contributed by atoms with Gasteiger partial charge in [0.2, 0.25) is 0 Å². The van der Waals surface area contributed by atoms with Crippen LogP contribution in [0.1, 0.15) is 18.2 Å². The van der Waals surface area contributed by atoms with Crippen LogP contribution in [0.3, 0.4) is 0 Å². The van der Waals surface area contributed by atoms with Gasteiger partial charge in [0.15, 0.2) is 5.96 Å². The van der Waals surface area contributed by atoms with Crippen LogP contribution in [0.15, 0.2) is 53.7 Å². The first-order valence-electron chi connectivity index (χ1n) is 10.0. The molecule has 0 radical (unpaired) electrons. The number of benzene rings is 1. The maximum Gasteiger partial charge on any atom is 0.191 e. The lowest BCUT2D eigenvalue weighted by atomic mass is 10.2. The summed E-state index contributed by atoms with van der Waals surface area (Å²) in [5.74, 6) is 1.63. The Morgan fingerprint density at radius 3 is 2.67 bits per heavy atom. The third-order valence-electron chi connectivity index (χ3n) is 4.24. The molecule has 2 N–H and O–H groups in total. The number of nitrogens with zero attached hydrogens (tertiary/aromatic N) is 3. The molecule has 7 nitrogen and oxygen atoms in total. The summed E-state index contributed by atoms with van der Waals surface area (Å²) in [5.41, 5.74) is 2.08. The van der Waals surface area contributed by atoms with E-state index in [9.17, 15) is 0 Å². The highest BCUT2D eigenvalue weighted by molar-refractivity contribution is 14.0. The number of hydrogen-bond acceptors (Lipinski definition) is 5. The molecule has 0 aliphatic carbocycles. The molecule has 166 valence electrons. The van der Waals surface area contributed by atoms with Crippen LogP contribution in [-0.4, -0.2) is 62.8 Å². The molecule has 0 saturated carbocycles. The van der Waals surface area contributed by atoms with Crippen molar-refractivity contribution in [2.24, 2.45) is 4.99 Å². The van der Waals surface area contributed by atoms with E-state index in [1.54, 1.807) is 13.3 Å². The van der Waals surface area contributed by atoms with Gasteiger partial charge in [-0.25, -0.2) is 4.99 Å². The maximum atomic E-state index is 5.89. The van der Waals surface area contributed by atoms with Gasteiger partial charge >= 0.3 is 0 Å². The van der Waals surface area contributed by atoms with Gasteiger partial charge in [-0.2, -0.15) is 0 Å². The summed E-state index contributed by atoms with van der Waals surface area (Å²) in [6, 6.07) is 14.0. The van der Waals surface area contributed by atoms with Crippen molar-refractivity contribution in [1.29, 1.82) is 0 Å². The van der Waals surface area contributed by atoms with Crippen LogP contribution in [0.4, 0.5) is 0 Å². The van der Waals surface area contributed by atoms with Crippen LogP contribution >= 0.6 is 24.0 Å². The Bertz CT molecular complexity index is 730. The van der Waals surface area contributed by atoms with Gasteiger partial charge in [-0.3, -0.25) is 4.98 Å². The molecule has 1 aromatic heterocycles. The van der Waals surface area contributed by atoms with Crippen molar-refractivity contribution in [2.75, 3.05) is 47.0 Å². The number of aliphatic imine (C=N–C) groups is 1. The standard InChI is InChI=1S/C22H33N5O2.HI/c1-4-23-22(26-18-20-9-5-6-11-24-20)25-17-19-8-7-10-21(16-19)29-15-13-27(2)12-14-28-3;/h5-11,16H,4,12-15,17-18H2,1-3H3,(H2,23,25,26);1H. The second-order valence-corrected chi connectivity index (χ2v) is 6.66. The minimum absolute atomic E-state index is 0. The molecule has 8 heteroatoms. The number of halogens is 1. The molecule has 0 bridgehead atoms. The first-order valence-corrected chi connectivity index (χ1v) is 10.0. The highest BCUT2D eigenvalue weighted by Crippen LogP contribution is 2.14. The van der Waals surface area contributed by atoms with Crippen molar-refractivity contribution >= 4 is 29.9 Å². The SMILES string of the molecule is CCNC(=NCc1cccc(OCCN(C)CCOC)c1)NCc1ccccn1.I. The van der Waals surface area contributed by atoms with Gasteiger partial charge in [-0.1, -0.05) is 18.2 Å². The molecular formula is C22H34IN5O2. The molecular weight excluding hydrogens is 493 g/mol.